The van der Waals surface area contributed by atoms with E-state index in [1.165, 1.54) is 7.11 Å². The molecule has 12 heavy (non-hydrogen) atoms. The van der Waals surface area contributed by atoms with Crippen LogP contribution in [0.3, 0.4) is 0 Å². The average molecular weight is 171 g/mol. The van der Waals surface area contributed by atoms with Crippen LogP contribution in [0.2, 0.25) is 0 Å². The summed E-state index contributed by atoms with van der Waals surface area (Å²) < 4.78 is 4.74. The van der Waals surface area contributed by atoms with Gasteiger partial charge in [0.2, 0.25) is 0 Å². The number of rotatable bonds is 2. The van der Waals surface area contributed by atoms with E-state index in [-0.39, 0.29) is 11.9 Å². The lowest BCUT2D eigenvalue weighted by Crippen LogP contribution is -2.36. The van der Waals surface area contributed by atoms with Crippen LogP contribution < -0.4 is 5.32 Å². The molecule has 0 saturated carbocycles. The topological polar surface area (TPSA) is 38.3 Å². The Kier molecular flexibility index (Phi) is 3.09. The Morgan fingerprint density at radius 2 is 2.25 bits per heavy atom. The molecule has 0 aliphatic carbocycles. The molecule has 0 aromatic rings. The van der Waals surface area contributed by atoms with Gasteiger partial charge in [-0.2, -0.15) is 0 Å². The van der Waals surface area contributed by atoms with E-state index >= 15 is 0 Å². The molecule has 0 spiro atoms. The molecule has 3 nitrogen and oxygen atoms in total. The zero-order chi connectivity index (χ0) is 9.14. The summed E-state index contributed by atoms with van der Waals surface area (Å²) in [6.07, 6.45) is 0.912. The van der Waals surface area contributed by atoms with Gasteiger partial charge in [-0.05, 0) is 18.9 Å². The minimum Gasteiger partial charge on any atom is -0.469 e. The maximum Gasteiger partial charge on any atom is 0.310 e. The molecule has 0 aromatic carbocycles. The smallest absolute Gasteiger partial charge is 0.310 e. The third kappa shape index (κ3) is 1.78. The van der Waals surface area contributed by atoms with Gasteiger partial charge in [0.05, 0.1) is 13.0 Å². The molecule has 1 rings (SSSR count). The molecule has 1 saturated heterocycles. The number of ether oxygens (including phenoxy) is 1. The van der Waals surface area contributed by atoms with Crippen molar-refractivity contribution < 1.29 is 9.53 Å². The first kappa shape index (κ1) is 9.52. The molecule has 1 aliphatic heterocycles. The number of esters is 1. The molecule has 3 heteroatoms. The van der Waals surface area contributed by atoms with Crippen LogP contribution in [0.4, 0.5) is 0 Å². The molecule has 1 heterocycles. The van der Waals surface area contributed by atoms with E-state index < -0.39 is 0 Å². The minimum atomic E-state index is -0.0706. The fourth-order valence-corrected chi connectivity index (χ4v) is 1.84. The number of nitrogens with one attached hydrogen (secondary N) is 1. The summed E-state index contributed by atoms with van der Waals surface area (Å²) in [6, 6.07) is 0.303. The van der Waals surface area contributed by atoms with Crippen LogP contribution in [-0.2, 0) is 9.53 Å². The zero-order valence-corrected chi connectivity index (χ0v) is 7.96. The number of hydrogen-bond acceptors (Lipinski definition) is 3. The first-order chi connectivity index (χ1) is 5.66. The molecule has 1 aliphatic rings. The van der Waals surface area contributed by atoms with Crippen LogP contribution in [0.1, 0.15) is 20.3 Å². The van der Waals surface area contributed by atoms with E-state index in [0.717, 1.165) is 13.0 Å². The Hall–Kier alpha value is -0.570. The third-order valence-corrected chi connectivity index (χ3v) is 2.49. The molecule has 1 N–H and O–H groups in total. The van der Waals surface area contributed by atoms with Crippen molar-refractivity contribution in [2.45, 2.75) is 26.3 Å². The molecular formula is C9H17NO2. The van der Waals surface area contributed by atoms with Gasteiger partial charge in [0.15, 0.2) is 0 Å². The van der Waals surface area contributed by atoms with Gasteiger partial charge in [-0.15, -0.1) is 0 Å². The van der Waals surface area contributed by atoms with E-state index in [2.05, 4.69) is 19.2 Å². The summed E-state index contributed by atoms with van der Waals surface area (Å²) in [5.41, 5.74) is 0. The van der Waals surface area contributed by atoms with Crippen molar-refractivity contribution >= 4 is 5.97 Å². The number of carbonyl (C=O) groups is 1. The second-order valence-electron chi connectivity index (χ2n) is 3.64. The summed E-state index contributed by atoms with van der Waals surface area (Å²) in [7, 11) is 1.46. The Bertz CT molecular complexity index is 168. The van der Waals surface area contributed by atoms with Gasteiger partial charge in [-0.3, -0.25) is 4.79 Å². The molecule has 0 aromatic heterocycles. The van der Waals surface area contributed by atoms with Gasteiger partial charge in [-0.25, -0.2) is 0 Å². The predicted molar refractivity (Wildman–Crippen MR) is 46.8 cm³/mol. The molecule has 0 amide bonds. The van der Waals surface area contributed by atoms with Crippen LogP contribution in [-0.4, -0.2) is 25.7 Å². The minimum absolute atomic E-state index is 0.0648. The highest BCUT2D eigenvalue weighted by Gasteiger charge is 2.34. The summed E-state index contributed by atoms with van der Waals surface area (Å²) in [5.74, 6) is 0.491. The Morgan fingerprint density at radius 1 is 1.58 bits per heavy atom. The van der Waals surface area contributed by atoms with E-state index in [1.807, 2.05) is 0 Å². The van der Waals surface area contributed by atoms with Crippen LogP contribution in [0.25, 0.3) is 0 Å². The first-order valence-electron chi connectivity index (χ1n) is 4.48. The number of carbonyl (C=O) groups excluding carboxylic acids is 1. The summed E-state index contributed by atoms with van der Waals surface area (Å²) in [6.45, 7) is 5.18. The zero-order valence-electron chi connectivity index (χ0n) is 7.96. The molecule has 1 fully saturated rings. The van der Waals surface area contributed by atoms with Crippen molar-refractivity contribution in [3.63, 3.8) is 0 Å². The normalized spacial score (nSPS) is 29.3. The molecule has 70 valence electrons. The number of hydrogen-bond donors (Lipinski definition) is 1. The maximum absolute atomic E-state index is 11.3. The lowest BCUT2D eigenvalue weighted by Gasteiger charge is -2.20. The standard InChI is InChI=1S/C9H17NO2/c1-6(2)8-7(4-5-10-8)9(11)12-3/h6-8,10H,4-5H2,1-3H3. The second-order valence-corrected chi connectivity index (χ2v) is 3.64. The fourth-order valence-electron chi connectivity index (χ4n) is 1.84. The average Bonchev–Trinajstić information content (AvgIpc) is 2.50. The van der Waals surface area contributed by atoms with Crippen LogP contribution in [0, 0.1) is 11.8 Å². The highest BCUT2D eigenvalue weighted by Crippen LogP contribution is 2.22. The summed E-state index contributed by atoms with van der Waals surface area (Å²) in [5, 5.41) is 3.32. The highest BCUT2D eigenvalue weighted by atomic mass is 16.5. The predicted octanol–water partition coefficient (Wildman–Crippen LogP) is 0.793. The molecule has 2 unspecified atom stereocenters. The summed E-state index contributed by atoms with van der Waals surface area (Å²) in [4.78, 5) is 11.3. The van der Waals surface area contributed by atoms with Gasteiger partial charge < -0.3 is 10.1 Å². The van der Waals surface area contributed by atoms with Gasteiger partial charge >= 0.3 is 5.97 Å². The van der Waals surface area contributed by atoms with Gasteiger partial charge in [0, 0.05) is 6.04 Å². The van der Waals surface area contributed by atoms with Crippen molar-refractivity contribution in [2.75, 3.05) is 13.7 Å². The van der Waals surface area contributed by atoms with Crippen molar-refractivity contribution in [1.29, 1.82) is 0 Å². The van der Waals surface area contributed by atoms with Gasteiger partial charge in [0.1, 0.15) is 0 Å². The third-order valence-electron chi connectivity index (χ3n) is 2.49. The van der Waals surface area contributed by atoms with Crippen molar-refractivity contribution in [2.24, 2.45) is 11.8 Å². The van der Waals surface area contributed by atoms with Crippen molar-refractivity contribution in [1.82, 2.24) is 5.32 Å². The Morgan fingerprint density at radius 3 is 2.75 bits per heavy atom. The van der Waals surface area contributed by atoms with Crippen LogP contribution >= 0.6 is 0 Å². The van der Waals surface area contributed by atoms with Crippen molar-refractivity contribution in [3.05, 3.63) is 0 Å². The van der Waals surface area contributed by atoms with Crippen molar-refractivity contribution in [3.8, 4) is 0 Å². The van der Waals surface area contributed by atoms with E-state index in [0.29, 0.717) is 12.0 Å². The quantitative estimate of drug-likeness (QED) is 0.624. The van der Waals surface area contributed by atoms with Gasteiger partial charge in [-0.1, -0.05) is 13.8 Å². The lowest BCUT2D eigenvalue weighted by atomic mass is 9.92. The summed E-state index contributed by atoms with van der Waals surface area (Å²) >= 11 is 0. The lowest BCUT2D eigenvalue weighted by molar-refractivity contribution is -0.146. The molecule has 0 bridgehead atoms. The molecular weight excluding hydrogens is 154 g/mol. The largest absolute Gasteiger partial charge is 0.469 e. The Labute approximate surface area is 73.5 Å². The van der Waals surface area contributed by atoms with E-state index in [9.17, 15) is 4.79 Å². The fraction of sp³-hybridized carbons (Fsp3) is 0.889. The van der Waals surface area contributed by atoms with E-state index in [1.54, 1.807) is 0 Å². The highest BCUT2D eigenvalue weighted by molar-refractivity contribution is 5.73. The van der Waals surface area contributed by atoms with Gasteiger partial charge in [0.25, 0.3) is 0 Å². The number of methoxy groups -OCH3 is 1. The Balaban J connectivity index is 2.57. The maximum atomic E-state index is 11.3. The SMILES string of the molecule is COC(=O)C1CCNC1C(C)C. The molecule has 0 radical (unpaired) electrons. The molecule has 2 atom stereocenters. The van der Waals surface area contributed by atoms with E-state index in [4.69, 9.17) is 4.74 Å². The van der Waals surface area contributed by atoms with Crippen LogP contribution in [0.15, 0.2) is 0 Å². The second kappa shape index (κ2) is 3.90. The first-order valence-corrected chi connectivity index (χ1v) is 4.48. The monoisotopic (exact) mass is 171 g/mol. The van der Waals surface area contributed by atoms with Crippen LogP contribution in [0.5, 0.6) is 0 Å².